The highest BCUT2D eigenvalue weighted by molar-refractivity contribution is 8.00. The molecule has 22 heavy (non-hydrogen) atoms. The lowest BCUT2D eigenvalue weighted by molar-refractivity contribution is -0.118. The summed E-state index contributed by atoms with van der Waals surface area (Å²) in [7, 11) is 5.69. The van der Waals surface area contributed by atoms with Crippen molar-refractivity contribution in [3.05, 3.63) is 40.7 Å². The van der Waals surface area contributed by atoms with Crippen LogP contribution < -0.4 is 10.9 Å². The van der Waals surface area contributed by atoms with Gasteiger partial charge in [-0.15, -0.1) is 11.8 Å². The van der Waals surface area contributed by atoms with Crippen molar-refractivity contribution >= 4 is 28.6 Å². The number of nitrogens with zero attached hydrogens (tertiary/aromatic N) is 2. The Bertz CT molecular complexity index is 725. The number of benzene rings is 1. The standard InChI is InChI=1S/C16H21N3O2S/c1-18(2)9-8-17-15(20)11-22-14-10-16(21)19(3)13-7-5-4-6-12(13)14/h4-7,10H,8-9,11H2,1-3H3,(H,17,20). The zero-order valence-electron chi connectivity index (χ0n) is 13.1. The number of hydrogen-bond donors (Lipinski definition) is 1. The summed E-state index contributed by atoms with van der Waals surface area (Å²) in [5.74, 6) is 0.293. The molecular formula is C16H21N3O2S. The second-order valence-corrected chi connectivity index (χ2v) is 6.38. The first-order valence-electron chi connectivity index (χ1n) is 7.12. The molecular weight excluding hydrogens is 298 g/mol. The molecule has 1 N–H and O–H groups in total. The van der Waals surface area contributed by atoms with Crippen LogP contribution in [0, 0.1) is 0 Å². The SMILES string of the molecule is CN(C)CCNC(=O)CSc1cc(=O)n(C)c2ccccc12. The van der Waals surface area contributed by atoms with E-state index in [0.29, 0.717) is 12.3 Å². The van der Waals surface area contributed by atoms with Crippen molar-refractivity contribution in [3.8, 4) is 0 Å². The van der Waals surface area contributed by atoms with Gasteiger partial charge in [-0.05, 0) is 20.2 Å². The first-order valence-corrected chi connectivity index (χ1v) is 8.10. The number of aryl methyl sites for hydroxylation is 1. The fourth-order valence-corrected chi connectivity index (χ4v) is 3.01. The largest absolute Gasteiger partial charge is 0.354 e. The highest BCUT2D eigenvalue weighted by atomic mass is 32.2. The molecule has 1 heterocycles. The van der Waals surface area contributed by atoms with Crippen molar-refractivity contribution in [1.29, 1.82) is 0 Å². The van der Waals surface area contributed by atoms with E-state index in [4.69, 9.17) is 0 Å². The van der Waals surface area contributed by atoms with Gasteiger partial charge in [-0.3, -0.25) is 9.59 Å². The Morgan fingerprint density at radius 2 is 2.05 bits per heavy atom. The number of pyridine rings is 1. The normalized spacial score (nSPS) is 11.1. The lowest BCUT2D eigenvalue weighted by Crippen LogP contribution is -2.32. The van der Waals surface area contributed by atoms with Crippen LogP contribution in [0.15, 0.2) is 40.0 Å². The minimum atomic E-state index is -0.0609. The first kappa shape index (κ1) is 16.6. The molecule has 0 saturated heterocycles. The quantitative estimate of drug-likeness (QED) is 0.816. The van der Waals surface area contributed by atoms with E-state index in [2.05, 4.69) is 5.32 Å². The molecule has 0 spiro atoms. The third kappa shape index (κ3) is 4.11. The molecule has 1 aromatic heterocycles. The van der Waals surface area contributed by atoms with Crippen molar-refractivity contribution in [2.45, 2.75) is 4.90 Å². The Balaban J connectivity index is 2.07. The van der Waals surface area contributed by atoms with E-state index in [1.165, 1.54) is 11.8 Å². The van der Waals surface area contributed by atoms with E-state index in [0.717, 1.165) is 22.3 Å². The van der Waals surface area contributed by atoms with E-state index in [1.54, 1.807) is 17.7 Å². The van der Waals surface area contributed by atoms with Crippen molar-refractivity contribution in [2.75, 3.05) is 32.9 Å². The Hall–Kier alpha value is -1.79. The number of carbonyl (C=O) groups is 1. The van der Waals surface area contributed by atoms with Crippen molar-refractivity contribution in [3.63, 3.8) is 0 Å². The number of rotatable bonds is 6. The van der Waals surface area contributed by atoms with Gasteiger partial charge in [0.2, 0.25) is 5.91 Å². The van der Waals surface area contributed by atoms with Gasteiger partial charge < -0.3 is 14.8 Å². The second kappa shape index (κ2) is 7.47. The van der Waals surface area contributed by atoms with E-state index >= 15 is 0 Å². The smallest absolute Gasteiger partial charge is 0.251 e. The zero-order valence-corrected chi connectivity index (χ0v) is 13.9. The van der Waals surface area contributed by atoms with Crippen molar-refractivity contribution in [2.24, 2.45) is 7.05 Å². The molecule has 2 aromatic rings. The van der Waals surface area contributed by atoms with Crippen molar-refractivity contribution < 1.29 is 4.79 Å². The zero-order chi connectivity index (χ0) is 16.1. The third-order valence-electron chi connectivity index (χ3n) is 3.36. The number of aromatic nitrogens is 1. The van der Waals surface area contributed by atoms with Crippen LogP contribution in [-0.4, -0.2) is 48.3 Å². The summed E-state index contributed by atoms with van der Waals surface area (Å²) in [5, 5.41) is 3.87. The van der Waals surface area contributed by atoms with E-state index in [9.17, 15) is 9.59 Å². The number of carbonyl (C=O) groups excluding carboxylic acids is 1. The minimum absolute atomic E-state index is 0.0170. The van der Waals surface area contributed by atoms with Crippen LogP contribution in [0.5, 0.6) is 0 Å². The number of para-hydroxylation sites is 1. The van der Waals surface area contributed by atoms with Gasteiger partial charge in [-0.2, -0.15) is 0 Å². The third-order valence-corrected chi connectivity index (χ3v) is 4.41. The first-order chi connectivity index (χ1) is 10.5. The topological polar surface area (TPSA) is 54.3 Å². The highest BCUT2D eigenvalue weighted by Crippen LogP contribution is 2.25. The molecule has 118 valence electrons. The summed E-state index contributed by atoms with van der Waals surface area (Å²) < 4.78 is 1.62. The molecule has 0 fully saturated rings. The molecule has 0 aliphatic rings. The van der Waals surface area contributed by atoms with Gasteiger partial charge in [0.1, 0.15) is 0 Å². The van der Waals surface area contributed by atoms with Crippen LogP contribution in [0.4, 0.5) is 0 Å². The fourth-order valence-electron chi connectivity index (χ4n) is 2.11. The van der Waals surface area contributed by atoms with Gasteiger partial charge in [0.15, 0.2) is 0 Å². The molecule has 2 rings (SSSR count). The van der Waals surface area contributed by atoms with Gasteiger partial charge in [0, 0.05) is 36.5 Å². The van der Waals surface area contributed by atoms with Crippen LogP contribution in [0.25, 0.3) is 10.9 Å². The average Bonchev–Trinajstić information content (AvgIpc) is 2.49. The monoisotopic (exact) mass is 319 g/mol. The fraction of sp³-hybridized carbons (Fsp3) is 0.375. The molecule has 0 aliphatic carbocycles. The summed E-state index contributed by atoms with van der Waals surface area (Å²) in [4.78, 5) is 26.7. The molecule has 0 bridgehead atoms. The predicted molar refractivity (Wildman–Crippen MR) is 91.5 cm³/mol. The Morgan fingerprint density at radius 1 is 1.32 bits per heavy atom. The molecule has 0 radical (unpaired) electrons. The Morgan fingerprint density at radius 3 is 2.77 bits per heavy atom. The van der Waals surface area contributed by atoms with Crippen LogP contribution in [0.3, 0.4) is 0 Å². The van der Waals surface area contributed by atoms with E-state index in [-0.39, 0.29) is 11.5 Å². The maximum Gasteiger partial charge on any atom is 0.251 e. The lowest BCUT2D eigenvalue weighted by Gasteiger charge is -2.11. The molecule has 0 aliphatic heterocycles. The van der Waals surface area contributed by atoms with Gasteiger partial charge >= 0.3 is 0 Å². The molecule has 1 amide bonds. The highest BCUT2D eigenvalue weighted by Gasteiger charge is 2.09. The molecule has 0 saturated carbocycles. The van der Waals surface area contributed by atoms with Crippen LogP contribution in [-0.2, 0) is 11.8 Å². The summed E-state index contributed by atoms with van der Waals surface area (Å²) >= 11 is 1.40. The number of hydrogen-bond acceptors (Lipinski definition) is 4. The molecule has 0 unspecified atom stereocenters. The van der Waals surface area contributed by atoms with Crippen LogP contribution in [0.1, 0.15) is 0 Å². The molecule has 5 nitrogen and oxygen atoms in total. The number of nitrogens with one attached hydrogen (secondary N) is 1. The Kier molecular flexibility index (Phi) is 5.63. The molecule has 1 aromatic carbocycles. The van der Waals surface area contributed by atoms with Crippen LogP contribution in [0.2, 0.25) is 0 Å². The summed E-state index contributed by atoms with van der Waals surface area (Å²) in [6, 6.07) is 9.33. The number of thioether (sulfide) groups is 1. The predicted octanol–water partition coefficient (Wildman–Crippen LogP) is 1.31. The maximum atomic E-state index is 12.0. The summed E-state index contributed by atoms with van der Waals surface area (Å²) in [5.41, 5.74) is 0.819. The van der Waals surface area contributed by atoms with Gasteiger partial charge in [0.25, 0.3) is 5.56 Å². The lowest BCUT2D eigenvalue weighted by atomic mass is 10.2. The number of fused-ring (bicyclic) bond motifs is 1. The van der Waals surface area contributed by atoms with Gasteiger partial charge in [-0.25, -0.2) is 0 Å². The minimum Gasteiger partial charge on any atom is -0.354 e. The van der Waals surface area contributed by atoms with E-state index < -0.39 is 0 Å². The number of likely N-dealkylation sites (N-methyl/N-ethyl adjacent to an activating group) is 1. The molecule has 6 heteroatoms. The Labute approximate surface area is 134 Å². The maximum absolute atomic E-state index is 12.0. The summed E-state index contributed by atoms with van der Waals surface area (Å²) in [6.07, 6.45) is 0. The van der Waals surface area contributed by atoms with Gasteiger partial charge in [0.05, 0.1) is 11.3 Å². The second-order valence-electron chi connectivity index (χ2n) is 5.36. The van der Waals surface area contributed by atoms with Crippen molar-refractivity contribution in [1.82, 2.24) is 14.8 Å². The number of amides is 1. The molecule has 0 atom stereocenters. The summed E-state index contributed by atoms with van der Waals surface area (Å²) in [6.45, 7) is 1.44. The van der Waals surface area contributed by atoms with Gasteiger partial charge in [-0.1, -0.05) is 18.2 Å². The average molecular weight is 319 g/mol. The van der Waals surface area contributed by atoms with Crippen LogP contribution >= 0.6 is 11.8 Å². The van der Waals surface area contributed by atoms with E-state index in [1.807, 2.05) is 43.3 Å².